The van der Waals surface area contributed by atoms with Crippen molar-refractivity contribution in [2.75, 3.05) is 0 Å². The van der Waals surface area contributed by atoms with E-state index in [0.29, 0.717) is 6.54 Å². The van der Waals surface area contributed by atoms with Gasteiger partial charge in [-0.1, -0.05) is 24.3 Å². The summed E-state index contributed by atoms with van der Waals surface area (Å²) in [6.45, 7) is 0.496. The number of nitrogens with zero attached hydrogens (tertiary/aromatic N) is 2. The van der Waals surface area contributed by atoms with Crippen molar-refractivity contribution in [3.63, 3.8) is 0 Å². The van der Waals surface area contributed by atoms with Crippen molar-refractivity contribution in [2.45, 2.75) is 6.54 Å². The van der Waals surface area contributed by atoms with E-state index in [9.17, 15) is 0 Å². The van der Waals surface area contributed by atoms with Crippen LogP contribution in [-0.2, 0) is 6.54 Å². The SMILES string of the molecule is NCc1ccccc1N=Cc1ccccn1. The van der Waals surface area contributed by atoms with Gasteiger partial charge in [0.25, 0.3) is 0 Å². The van der Waals surface area contributed by atoms with Gasteiger partial charge in [0.2, 0.25) is 0 Å². The van der Waals surface area contributed by atoms with E-state index in [2.05, 4.69) is 9.98 Å². The fourth-order valence-corrected chi connectivity index (χ4v) is 1.40. The van der Waals surface area contributed by atoms with Crippen molar-refractivity contribution >= 4 is 11.9 Å². The molecule has 1 heterocycles. The average molecular weight is 211 g/mol. The lowest BCUT2D eigenvalue weighted by molar-refractivity contribution is 1.07. The lowest BCUT2D eigenvalue weighted by Crippen LogP contribution is -1.96. The number of benzene rings is 1. The summed E-state index contributed by atoms with van der Waals surface area (Å²) >= 11 is 0. The van der Waals surface area contributed by atoms with Crippen molar-refractivity contribution in [2.24, 2.45) is 10.7 Å². The van der Waals surface area contributed by atoms with Crippen LogP contribution in [0.25, 0.3) is 0 Å². The van der Waals surface area contributed by atoms with Crippen LogP contribution in [0.3, 0.4) is 0 Å². The zero-order valence-corrected chi connectivity index (χ0v) is 8.88. The molecule has 2 N–H and O–H groups in total. The maximum Gasteiger partial charge on any atom is 0.0812 e. The van der Waals surface area contributed by atoms with Crippen LogP contribution in [0.4, 0.5) is 5.69 Å². The highest BCUT2D eigenvalue weighted by Crippen LogP contribution is 2.17. The van der Waals surface area contributed by atoms with Crippen molar-refractivity contribution in [1.82, 2.24) is 4.98 Å². The number of nitrogens with two attached hydrogens (primary N) is 1. The third-order valence-corrected chi connectivity index (χ3v) is 2.24. The maximum atomic E-state index is 5.63. The smallest absolute Gasteiger partial charge is 0.0812 e. The lowest BCUT2D eigenvalue weighted by atomic mass is 10.2. The van der Waals surface area contributed by atoms with Gasteiger partial charge in [-0.05, 0) is 23.8 Å². The number of hydrogen-bond donors (Lipinski definition) is 1. The van der Waals surface area contributed by atoms with Gasteiger partial charge in [0.05, 0.1) is 17.6 Å². The molecule has 80 valence electrons. The molecule has 0 saturated heterocycles. The molecule has 2 rings (SSSR count). The van der Waals surface area contributed by atoms with Gasteiger partial charge >= 0.3 is 0 Å². The highest BCUT2D eigenvalue weighted by molar-refractivity contribution is 5.79. The van der Waals surface area contributed by atoms with E-state index in [4.69, 9.17) is 5.73 Å². The summed E-state index contributed by atoms with van der Waals surface area (Å²) < 4.78 is 0. The largest absolute Gasteiger partial charge is 0.326 e. The van der Waals surface area contributed by atoms with E-state index < -0.39 is 0 Å². The molecule has 0 aliphatic rings. The van der Waals surface area contributed by atoms with Gasteiger partial charge in [-0.15, -0.1) is 0 Å². The van der Waals surface area contributed by atoms with Gasteiger partial charge < -0.3 is 5.73 Å². The van der Waals surface area contributed by atoms with E-state index in [0.717, 1.165) is 16.9 Å². The minimum Gasteiger partial charge on any atom is -0.326 e. The molecule has 0 amide bonds. The van der Waals surface area contributed by atoms with Crippen molar-refractivity contribution < 1.29 is 0 Å². The average Bonchev–Trinajstić information content (AvgIpc) is 2.38. The molecule has 0 atom stereocenters. The van der Waals surface area contributed by atoms with Gasteiger partial charge in [0.15, 0.2) is 0 Å². The standard InChI is InChI=1S/C13H13N3/c14-9-11-5-1-2-7-13(11)16-10-12-6-3-4-8-15-12/h1-8,10H,9,14H2. The summed E-state index contributed by atoms with van der Waals surface area (Å²) in [6.07, 6.45) is 3.49. The highest BCUT2D eigenvalue weighted by Gasteiger charge is 1.96. The number of aliphatic imine (C=N–C) groups is 1. The zero-order valence-electron chi connectivity index (χ0n) is 8.88. The Kier molecular flexibility index (Phi) is 3.41. The molecule has 0 aliphatic carbocycles. The summed E-state index contributed by atoms with van der Waals surface area (Å²) in [7, 11) is 0. The summed E-state index contributed by atoms with van der Waals surface area (Å²) in [5, 5.41) is 0. The fourth-order valence-electron chi connectivity index (χ4n) is 1.40. The molecule has 0 unspecified atom stereocenters. The summed E-state index contributed by atoms with van der Waals surface area (Å²) in [5.41, 5.74) is 8.41. The van der Waals surface area contributed by atoms with Crippen molar-refractivity contribution in [1.29, 1.82) is 0 Å². The molecule has 1 aromatic heterocycles. The number of rotatable bonds is 3. The Morgan fingerprint density at radius 1 is 1.12 bits per heavy atom. The molecule has 16 heavy (non-hydrogen) atoms. The van der Waals surface area contributed by atoms with Gasteiger partial charge in [-0.2, -0.15) is 0 Å². The Balaban J connectivity index is 2.24. The second kappa shape index (κ2) is 5.19. The van der Waals surface area contributed by atoms with Crippen molar-refractivity contribution in [3.05, 3.63) is 59.9 Å². The van der Waals surface area contributed by atoms with Crippen LogP contribution in [0.2, 0.25) is 0 Å². The molecule has 3 nitrogen and oxygen atoms in total. The molecule has 0 spiro atoms. The Morgan fingerprint density at radius 2 is 1.94 bits per heavy atom. The minimum absolute atomic E-state index is 0.496. The van der Waals surface area contributed by atoms with Crippen LogP contribution in [0.5, 0.6) is 0 Å². The van der Waals surface area contributed by atoms with Crippen molar-refractivity contribution in [3.8, 4) is 0 Å². The molecular weight excluding hydrogens is 198 g/mol. The van der Waals surface area contributed by atoms with E-state index in [-0.39, 0.29) is 0 Å². The van der Waals surface area contributed by atoms with Gasteiger partial charge in [0.1, 0.15) is 0 Å². The second-order valence-corrected chi connectivity index (χ2v) is 3.35. The number of para-hydroxylation sites is 1. The highest BCUT2D eigenvalue weighted by atomic mass is 14.8. The second-order valence-electron chi connectivity index (χ2n) is 3.35. The number of aromatic nitrogens is 1. The number of hydrogen-bond acceptors (Lipinski definition) is 3. The Labute approximate surface area is 94.7 Å². The number of pyridine rings is 1. The third-order valence-electron chi connectivity index (χ3n) is 2.24. The Bertz CT molecular complexity index is 478. The Hall–Kier alpha value is -2.00. The monoisotopic (exact) mass is 211 g/mol. The molecular formula is C13H13N3. The first-order valence-electron chi connectivity index (χ1n) is 5.13. The predicted octanol–water partition coefficient (Wildman–Crippen LogP) is 2.29. The van der Waals surface area contributed by atoms with Crippen LogP contribution >= 0.6 is 0 Å². The predicted molar refractivity (Wildman–Crippen MR) is 65.8 cm³/mol. The summed E-state index contributed by atoms with van der Waals surface area (Å²) in [6, 6.07) is 13.6. The molecule has 1 aromatic carbocycles. The maximum absolute atomic E-state index is 5.63. The zero-order chi connectivity index (χ0) is 11.2. The van der Waals surface area contributed by atoms with E-state index in [1.54, 1.807) is 12.4 Å². The first-order chi connectivity index (χ1) is 7.90. The minimum atomic E-state index is 0.496. The van der Waals surface area contributed by atoms with E-state index >= 15 is 0 Å². The topological polar surface area (TPSA) is 51.3 Å². The van der Waals surface area contributed by atoms with Crippen LogP contribution in [0, 0.1) is 0 Å². The van der Waals surface area contributed by atoms with E-state index in [1.165, 1.54) is 0 Å². The molecule has 0 fully saturated rings. The Morgan fingerprint density at radius 3 is 2.69 bits per heavy atom. The third kappa shape index (κ3) is 2.52. The van der Waals surface area contributed by atoms with Gasteiger partial charge in [-0.3, -0.25) is 9.98 Å². The quantitative estimate of drug-likeness (QED) is 0.792. The molecule has 3 heteroatoms. The normalized spacial score (nSPS) is 10.8. The first-order valence-corrected chi connectivity index (χ1v) is 5.13. The van der Waals surface area contributed by atoms with Crippen LogP contribution in [0.15, 0.2) is 53.7 Å². The summed E-state index contributed by atoms with van der Waals surface area (Å²) in [5.74, 6) is 0. The van der Waals surface area contributed by atoms with E-state index in [1.807, 2.05) is 42.5 Å². The van der Waals surface area contributed by atoms with Crippen LogP contribution in [-0.4, -0.2) is 11.2 Å². The van der Waals surface area contributed by atoms with Crippen LogP contribution < -0.4 is 5.73 Å². The van der Waals surface area contributed by atoms with Gasteiger partial charge in [0, 0.05) is 12.7 Å². The summed E-state index contributed by atoms with van der Waals surface area (Å²) in [4.78, 5) is 8.55. The fraction of sp³-hybridized carbons (Fsp3) is 0.0769. The molecule has 0 aliphatic heterocycles. The lowest BCUT2D eigenvalue weighted by Gasteiger charge is -2.00. The molecule has 2 aromatic rings. The molecule has 0 saturated carbocycles. The molecule has 0 radical (unpaired) electrons. The van der Waals surface area contributed by atoms with Gasteiger partial charge in [-0.25, -0.2) is 0 Å². The van der Waals surface area contributed by atoms with Crippen LogP contribution in [0.1, 0.15) is 11.3 Å². The molecule has 0 bridgehead atoms. The first kappa shape index (κ1) is 10.5.